The van der Waals surface area contributed by atoms with Crippen molar-refractivity contribution < 1.29 is 18.2 Å². The number of hydrogen-bond acceptors (Lipinski definition) is 5. The molecule has 0 aliphatic heterocycles. The van der Waals surface area contributed by atoms with Crippen LogP contribution in [0.3, 0.4) is 0 Å². The Morgan fingerprint density at radius 1 is 1.28 bits per heavy atom. The molecule has 108 valence electrons. The molecule has 0 heterocycles. The zero-order chi connectivity index (χ0) is 14.2. The quantitative estimate of drug-likeness (QED) is 0.280. The molecule has 18 heavy (non-hydrogen) atoms. The van der Waals surface area contributed by atoms with E-state index in [1.54, 1.807) is 7.05 Å². The van der Waals surface area contributed by atoms with Crippen molar-refractivity contribution in [1.29, 1.82) is 0 Å². The average Bonchev–Trinajstić information content (AvgIpc) is 2.33. The molecule has 0 N–H and O–H groups in total. The predicted octanol–water partition coefficient (Wildman–Crippen LogP) is 3.58. The summed E-state index contributed by atoms with van der Waals surface area (Å²) in [5.74, 6) is 0. The Hall–Kier alpha value is 0.280. The molecule has 0 radical (unpaired) electrons. The van der Waals surface area contributed by atoms with Gasteiger partial charge in [-0.3, -0.25) is 0 Å². The van der Waals surface area contributed by atoms with Gasteiger partial charge in [0.2, 0.25) is 0 Å². The molecule has 0 unspecified atom stereocenters. The van der Waals surface area contributed by atoms with Gasteiger partial charge < -0.3 is 9.05 Å². The maximum Gasteiger partial charge on any atom is 0.410 e. The zero-order valence-electron chi connectivity index (χ0n) is 11.1. The number of carbonyl (C=O) groups excluding carboxylic acids is 1. The third-order valence-corrected chi connectivity index (χ3v) is 6.62. The van der Waals surface area contributed by atoms with Crippen LogP contribution in [0.4, 0.5) is 9.18 Å². The van der Waals surface area contributed by atoms with E-state index in [1.807, 2.05) is 13.8 Å². The molecule has 0 aromatic carbocycles. The first-order valence-corrected chi connectivity index (χ1v) is 8.94. The maximum absolute atomic E-state index is 12.5. The molecule has 5 nitrogen and oxygen atoms in total. The first-order valence-electron chi connectivity index (χ1n) is 5.62. The topological polar surface area (TPSA) is 42.0 Å². The number of amides is 1. The SMILES string of the molecule is CCCOP(=S)(OCCC)N(C)SN(C)C(=O)F. The molecule has 1 amide bonds. The molecule has 0 bridgehead atoms. The molecule has 0 rings (SSSR count). The Bertz CT molecular complexity index is 298. The van der Waals surface area contributed by atoms with Gasteiger partial charge in [-0.1, -0.05) is 13.8 Å². The van der Waals surface area contributed by atoms with Crippen LogP contribution in [0.15, 0.2) is 0 Å². The summed E-state index contributed by atoms with van der Waals surface area (Å²) in [6.45, 7) is 2.20. The maximum atomic E-state index is 12.5. The van der Waals surface area contributed by atoms with Crippen LogP contribution in [0.2, 0.25) is 0 Å². The molecule has 0 saturated heterocycles. The molecular formula is C9H20FN2O3PS2. The van der Waals surface area contributed by atoms with E-state index in [1.165, 1.54) is 11.1 Å². The van der Waals surface area contributed by atoms with Crippen molar-refractivity contribution in [3.63, 3.8) is 0 Å². The lowest BCUT2D eigenvalue weighted by Gasteiger charge is -2.30. The summed E-state index contributed by atoms with van der Waals surface area (Å²) in [6, 6.07) is 0. The fourth-order valence-electron chi connectivity index (χ4n) is 0.867. The van der Waals surface area contributed by atoms with Gasteiger partial charge in [0.25, 0.3) is 6.64 Å². The van der Waals surface area contributed by atoms with Gasteiger partial charge >= 0.3 is 6.16 Å². The summed E-state index contributed by atoms with van der Waals surface area (Å²) >= 11 is 6.22. The standard InChI is InChI=1S/C9H20FN2O3PS2/c1-5-7-14-16(17,15-8-6-2)12(4)18-11(3)9(10)13/h5-8H2,1-4H3. The molecule has 0 aliphatic carbocycles. The van der Waals surface area contributed by atoms with Crippen LogP contribution in [0, 0.1) is 0 Å². The monoisotopic (exact) mass is 318 g/mol. The summed E-state index contributed by atoms with van der Waals surface area (Å²) in [5.41, 5.74) is 0. The first-order chi connectivity index (χ1) is 8.37. The van der Waals surface area contributed by atoms with Crippen molar-refractivity contribution in [3.05, 3.63) is 0 Å². The fraction of sp³-hybridized carbons (Fsp3) is 0.889. The third-order valence-electron chi connectivity index (χ3n) is 1.75. The molecule has 0 saturated carbocycles. The van der Waals surface area contributed by atoms with Crippen LogP contribution in [0.1, 0.15) is 26.7 Å². The van der Waals surface area contributed by atoms with E-state index in [0.717, 1.165) is 29.3 Å². The van der Waals surface area contributed by atoms with Gasteiger partial charge in [-0.05, 0) is 24.6 Å². The van der Waals surface area contributed by atoms with Crippen molar-refractivity contribution in [2.24, 2.45) is 0 Å². The van der Waals surface area contributed by atoms with Crippen LogP contribution in [-0.2, 0) is 20.9 Å². The van der Waals surface area contributed by atoms with Crippen molar-refractivity contribution in [2.75, 3.05) is 27.3 Å². The van der Waals surface area contributed by atoms with Crippen LogP contribution < -0.4 is 0 Å². The molecular weight excluding hydrogens is 298 g/mol. The minimum Gasteiger partial charge on any atom is -0.317 e. The average molecular weight is 318 g/mol. The van der Waals surface area contributed by atoms with Crippen molar-refractivity contribution in [1.82, 2.24) is 8.38 Å². The lowest BCUT2D eigenvalue weighted by atomic mass is 10.5. The third kappa shape index (κ3) is 6.45. The van der Waals surface area contributed by atoms with Gasteiger partial charge in [-0.2, -0.15) is 4.08 Å². The predicted molar refractivity (Wildman–Crippen MR) is 76.4 cm³/mol. The highest BCUT2D eigenvalue weighted by molar-refractivity contribution is 8.14. The van der Waals surface area contributed by atoms with E-state index in [4.69, 9.17) is 20.9 Å². The van der Waals surface area contributed by atoms with Crippen molar-refractivity contribution >= 4 is 36.7 Å². The molecule has 0 aliphatic rings. The number of rotatable bonds is 9. The number of halogens is 1. The van der Waals surface area contributed by atoms with Gasteiger partial charge in [-0.25, -0.2) is 9.10 Å². The van der Waals surface area contributed by atoms with Gasteiger partial charge in [0.05, 0.1) is 25.3 Å². The molecule has 0 spiro atoms. The first kappa shape index (κ1) is 18.3. The molecule has 0 fully saturated rings. The van der Waals surface area contributed by atoms with E-state index in [9.17, 15) is 9.18 Å². The Kier molecular flexibility index (Phi) is 9.37. The van der Waals surface area contributed by atoms with E-state index in [-0.39, 0.29) is 0 Å². The highest BCUT2D eigenvalue weighted by Crippen LogP contribution is 2.55. The summed E-state index contributed by atoms with van der Waals surface area (Å²) in [5, 5.41) is 0. The van der Waals surface area contributed by atoms with E-state index in [0.29, 0.717) is 13.2 Å². The van der Waals surface area contributed by atoms with Crippen LogP contribution in [-0.4, -0.2) is 41.9 Å². The van der Waals surface area contributed by atoms with E-state index in [2.05, 4.69) is 0 Å². The fourth-order valence-corrected chi connectivity index (χ4v) is 4.20. The minimum absolute atomic E-state index is 0.471. The Labute approximate surface area is 117 Å². The van der Waals surface area contributed by atoms with Crippen LogP contribution in [0.25, 0.3) is 0 Å². The van der Waals surface area contributed by atoms with Gasteiger partial charge in [0.1, 0.15) is 0 Å². The van der Waals surface area contributed by atoms with Crippen molar-refractivity contribution in [3.8, 4) is 0 Å². The number of nitrogens with zero attached hydrogens (tertiary/aromatic N) is 2. The molecule has 9 heteroatoms. The summed E-state index contributed by atoms with van der Waals surface area (Å²) in [7, 11) is 2.96. The molecule has 0 aromatic heterocycles. The van der Waals surface area contributed by atoms with Crippen molar-refractivity contribution in [2.45, 2.75) is 26.7 Å². The Morgan fingerprint density at radius 3 is 2.06 bits per heavy atom. The van der Waals surface area contributed by atoms with Crippen LogP contribution in [0.5, 0.6) is 0 Å². The summed E-state index contributed by atoms with van der Waals surface area (Å²) in [6.07, 6.45) is 0.0773. The number of carbonyl (C=O) groups is 1. The highest BCUT2D eigenvalue weighted by Gasteiger charge is 2.28. The lowest BCUT2D eigenvalue weighted by molar-refractivity contribution is 0.208. The highest BCUT2D eigenvalue weighted by atomic mass is 32.5. The largest absolute Gasteiger partial charge is 0.410 e. The number of hydrogen-bond donors (Lipinski definition) is 0. The lowest BCUT2D eigenvalue weighted by Crippen LogP contribution is -2.21. The smallest absolute Gasteiger partial charge is 0.317 e. The molecule has 0 aromatic rings. The van der Waals surface area contributed by atoms with Gasteiger partial charge in [-0.15, -0.1) is 4.39 Å². The van der Waals surface area contributed by atoms with Crippen LogP contribution >= 0.6 is 18.8 Å². The van der Waals surface area contributed by atoms with E-state index >= 15 is 0 Å². The molecule has 0 atom stereocenters. The van der Waals surface area contributed by atoms with Gasteiger partial charge in [0.15, 0.2) is 0 Å². The Balaban J connectivity index is 4.61. The normalized spacial score (nSPS) is 11.9. The second-order valence-electron chi connectivity index (χ2n) is 3.43. The van der Waals surface area contributed by atoms with E-state index < -0.39 is 12.8 Å². The minimum atomic E-state index is -2.67. The second kappa shape index (κ2) is 9.23. The second-order valence-corrected chi connectivity index (χ2v) is 8.40. The zero-order valence-corrected chi connectivity index (χ0v) is 13.6. The Morgan fingerprint density at radius 2 is 1.72 bits per heavy atom. The summed E-state index contributed by atoms with van der Waals surface area (Å²) in [4.78, 5) is 10.5. The summed E-state index contributed by atoms with van der Waals surface area (Å²) < 4.78 is 26.0. The van der Waals surface area contributed by atoms with Gasteiger partial charge in [0, 0.05) is 14.1 Å².